The summed E-state index contributed by atoms with van der Waals surface area (Å²) in [6, 6.07) is 6.62. The van der Waals surface area contributed by atoms with Gasteiger partial charge in [-0.05, 0) is 36.5 Å². The Balaban J connectivity index is 3.04. The molecule has 0 aliphatic rings. The van der Waals surface area contributed by atoms with Gasteiger partial charge in [0, 0.05) is 6.04 Å². The van der Waals surface area contributed by atoms with Gasteiger partial charge < -0.3 is 5.73 Å². The van der Waals surface area contributed by atoms with E-state index >= 15 is 0 Å². The summed E-state index contributed by atoms with van der Waals surface area (Å²) >= 11 is 0. The van der Waals surface area contributed by atoms with Gasteiger partial charge >= 0.3 is 0 Å². The van der Waals surface area contributed by atoms with E-state index in [0.29, 0.717) is 5.92 Å². The van der Waals surface area contributed by atoms with Crippen molar-refractivity contribution in [2.45, 2.75) is 46.6 Å². The first-order valence-electron chi connectivity index (χ1n) is 5.93. The Morgan fingerprint density at radius 2 is 1.53 bits per heavy atom. The van der Waals surface area contributed by atoms with E-state index in [-0.39, 0.29) is 6.04 Å². The molecule has 0 bridgehead atoms. The van der Waals surface area contributed by atoms with Crippen molar-refractivity contribution in [1.82, 2.24) is 0 Å². The average Bonchev–Trinajstić information content (AvgIpc) is 2.19. The van der Waals surface area contributed by atoms with Crippen LogP contribution in [0.15, 0.2) is 18.2 Å². The highest BCUT2D eigenvalue weighted by atomic mass is 14.7. The van der Waals surface area contributed by atoms with E-state index in [4.69, 9.17) is 5.73 Å². The SMILES string of the molecule is CCC(CC)C(N)c1c(C)cccc1C. The van der Waals surface area contributed by atoms with Gasteiger partial charge in [-0.25, -0.2) is 0 Å². The molecule has 0 fully saturated rings. The molecule has 0 aliphatic heterocycles. The molecule has 2 N–H and O–H groups in total. The topological polar surface area (TPSA) is 26.0 Å². The van der Waals surface area contributed by atoms with Crippen molar-refractivity contribution >= 4 is 0 Å². The molecular formula is C14H23N. The van der Waals surface area contributed by atoms with Crippen LogP contribution in [-0.2, 0) is 0 Å². The number of aryl methyl sites for hydroxylation is 2. The first kappa shape index (κ1) is 12.3. The fourth-order valence-corrected chi connectivity index (χ4v) is 2.39. The number of hydrogen-bond donors (Lipinski definition) is 1. The molecule has 1 nitrogen and oxygen atoms in total. The van der Waals surface area contributed by atoms with Crippen LogP contribution in [-0.4, -0.2) is 0 Å². The van der Waals surface area contributed by atoms with Crippen LogP contribution in [0.1, 0.15) is 49.4 Å². The molecule has 0 amide bonds. The second-order valence-electron chi connectivity index (χ2n) is 4.41. The quantitative estimate of drug-likeness (QED) is 0.796. The molecule has 1 aromatic carbocycles. The smallest absolute Gasteiger partial charge is 0.0328 e. The van der Waals surface area contributed by atoms with Crippen LogP contribution in [0.25, 0.3) is 0 Å². The van der Waals surface area contributed by atoms with Gasteiger partial charge in [-0.2, -0.15) is 0 Å². The van der Waals surface area contributed by atoms with Gasteiger partial charge in [-0.3, -0.25) is 0 Å². The van der Waals surface area contributed by atoms with Crippen LogP contribution >= 0.6 is 0 Å². The molecule has 0 aliphatic carbocycles. The lowest BCUT2D eigenvalue weighted by molar-refractivity contribution is 0.403. The van der Waals surface area contributed by atoms with Crippen molar-refractivity contribution in [1.29, 1.82) is 0 Å². The molecule has 84 valence electrons. The lowest BCUT2D eigenvalue weighted by Crippen LogP contribution is -2.22. The van der Waals surface area contributed by atoms with Crippen molar-refractivity contribution in [3.05, 3.63) is 34.9 Å². The molecule has 0 aromatic heterocycles. The molecule has 0 saturated heterocycles. The molecule has 0 spiro atoms. The van der Waals surface area contributed by atoms with Gasteiger partial charge in [0.1, 0.15) is 0 Å². The maximum Gasteiger partial charge on any atom is 0.0328 e. The highest BCUT2D eigenvalue weighted by molar-refractivity contribution is 5.36. The Labute approximate surface area is 93.7 Å². The van der Waals surface area contributed by atoms with Crippen molar-refractivity contribution < 1.29 is 0 Å². The van der Waals surface area contributed by atoms with E-state index in [0.717, 1.165) is 12.8 Å². The van der Waals surface area contributed by atoms with Crippen LogP contribution in [0.3, 0.4) is 0 Å². The first-order valence-corrected chi connectivity index (χ1v) is 5.93. The molecule has 0 saturated carbocycles. The van der Waals surface area contributed by atoms with Crippen LogP contribution in [0, 0.1) is 19.8 Å². The second-order valence-corrected chi connectivity index (χ2v) is 4.41. The Hall–Kier alpha value is -0.820. The van der Waals surface area contributed by atoms with Gasteiger partial charge in [-0.1, -0.05) is 44.9 Å². The summed E-state index contributed by atoms with van der Waals surface area (Å²) in [5.74, 6) is 0.602. The first-order chi connectivity index (χ1) is 7.11. The monoisotopic (exact) mass is 205 g/mol. The summed E-state index contributed by atoms with van der Waals surface area (Å²) in [7, 11) is 0. The maximum absolute atomic E-state index is 6.36. The normalized spacial score (nSPS) is 13.2. The summed E-state index contributed by atoms with van der Waals surface area (Å²) < 4.78 is 0. The number of benzene rings is 1. The molecule has 1 rings (SSSR count). The molecular weight excluding hydrogens is 182 g/mol. The second kappa shape index (κ2) is 5.32. The fraction of sp³-hybridized carbons (Fsp3) is 0.571. The van der Waals surface area contributed by atoms with Crippen molar-refractivity contribution in [3.63, 3.8) is 0 Å². The summed E-state index contributed by atoms with van der Waals surface area (Å²) in [5.41, 5.74) is 10.4. The zero-order valence-electron chi connectivity index (χ0n) is 10.4. The largest absolute Gasteiger partial charge is 0.324 e. The predicted octanol–water partition coefficient (Wildman–Crippen LogP) is 3.74. The predicted molar refractivity (Wildman–Crippen MR) is 66.9 cm³/mol. The Morgan fingerprint density at radius 3 is 1.93 bits per heavy atom. The van der Waals surface area contributed by atoms with Crippen LogP contribution in [0.5, 0.6) is 0 Å². The highest BCUT2D eigenvalue weighted by Crippen LogP contribution is 2.29. The van der Waals surface area contributed by atoms with Crippen molar-refractivity contribution in [2.24, 2.45) is 11.7 Å². The maximum atomic E-state index is 6.36. The van der Waals surface area contributed by atoms with E-state index < -0.39 is 0 Å². The molecule has 1 unspecified atom stereocenters. The number of hydrogen-bond acceptors (Lipinski definition) is 1. The molecule has 1 aromatic rings. The van der Waals surface area contributed by atoms with Crippen LogP contribution in [0.2, 0.25) is 0 Å². The summed E-state index contributed by atoms with van der Waals surface area (Å²) in [6.45, 7) is 8.76. The van der Waals surface area contributed by atoms with Gasteiger partial charge in [0.25, 0.3) is 0 Å². The van der Waals surface area contributed by atoms with Crippen LogP contribution < -0.4 is 5.73 Å². The number of nitrogens with two attached hydrogens (primary N) is 1. The van der Waals surface area contributed by atoms with Crippen molar-refractivity contribution in [2.75, 3.05) is 0 Å². The minimum absolute atomic E-state index is 0.196. The summed E-state index contributed by atoms with van der Waals surface area (Å²) in [5, 5.41) is 0. The minimum atomic E-state index is 0.196. The Morgan fingerprint density at radius 1 is 1.07 bits per heavy atom. The van der Waals surface area contributed by atoms with Gasteiger partial charge in [0.2, 0.25) is 0 Å². The Kier molecular flexibility index (Phi) is 4.34. The third-order valence-corrected chi connectivity index (χ3v) is 3.43. The average molecular weight is 205 g/mol. The third-order valence-electron chi connectivity index (χ3n) is 3.43. The van der Waals surface area contributed by atoms with E-state index in [1.165, 1.54) is 16.7 Å². The van der Waals surface area contributed by atoms with Gasteiger partial charge in [0.15, 0.2) is 0 Å². The Bertz CT molecular complexity index is 293. The highest BCUT2D eigenvalue weighted by Gasteiger charge is 2.18. The summed E-state index contributed by atoms with van der Waals surface area (Å²) in [4.78, 5) is 0. The molecule has 1 atom stereocenters. The third kappa shape index (κ3) is 2.60. The summed E-state index contributed by atoms with van der Waals surface area (Å²) in [6.07, 6.45) is 2.32. The molecule has 15 heavy (non-hydrogen) atoms. The van der Waals surface area contributed by atoms with Crippen LogP contribution in [0.4, 0.5) is 0 Å². The molecule has 0 radical (unpaired) electrons. The lowest BCUT2D eigenvalue weighted by Gasteiger charge is -2.24. The van der Waals surface area contributed by atoms with Gasteiger partial charge in [-0.15, -0.1) is 0 Å². The molecule has 0 heterocycles. The zero-order valence-corrected chi connectivity index (χ0v) is 10.4. The van der Waals surface area contributed by atoms with E-state index in [1.54, 1.807) is 0 Å². The van der Waals surface area contributed by atoms with Gasteiger partial charge in [0.05, 0.1) is 0 Å². The molecule has 1 heteroatoms. The minimum Gasteiger partial charge on any atom is -0.324 e. The van der Waals surface area contributed by atoms with E-state index in [1.807, 2.05) is 0 Å². The lowest BCUT2D eigenvalue weighted by atomic mass is 9.85. The van der Waals surface area contributed by atoms with E-state index in [9.17, 15) is 0 Å². The number of rotatable bonds is 4. The fourth-order valence-electron chi connectivity index (χ4n) is 2.39. The zero-order chi connectivity index (χ0) is 11.4. The van der Waals surface area contributed by atoms with Crippen molar-refractivity contribution in [3.8, 4) is 0 Å². The standard InChI is InChI=1S/C14H23N/c1-5-12(6-2)14(15)13-10(3)8-7-9-11(13)4/h7-9,12,14H,5-6,15H2,1-4H3. The van der Waals surface area contributed by atoms with E-state index in [2.05, 4.69) is 45.9 Å².